The van der Waals surface area contributed by atoms with E-state index in [1.54, 1.807) is 0 Å². The molecule has 0 bridgehead atoms. The molecule has 0 spiro atoms. The van der Waals surface area contributed by atoms with Crippen LogP contribution in [0.4, 0.5) is 22.0 Å². The molecular formula is C25H21F5N2O4S. The lowest BCUT2D eigenvalue weighted by Gasteiger charge is -2.27. The number of nitrogens with zero attached hydrogens (tertiary/aromatic N) is 2. The molecule has 0 saturated carbocycles. The van der Waals surface area contributed by atoms with Gasteiger partial charge in [0, 0.05) is 32.0 Å². The van der Waals surface area contributed by atoms with E-state index in [0.717, 1.165) is 16.4 Å². The van der Waals surface area contributed by atoms with E-state index in [2.05, 4.69) is 9.89 Å². The van der Waals surface area contributed by atoms with Crippen molar-refractivity contribution < 1.29 is 39.9 Å². The number of alkyl halides is 3. The minimum absolute atomic E-state index is 0.0344. The maximum Gasteiger partial charge on any atom is 0.573 e. The van der Waals surface area contributed by atoms with Crippen LogP contribution < -0.4 is 4.74 Å². The second-order valence-electron chi connectivity index (χ2n) is 8.17. The molecule has 1 heterocycles. The van der Waals surface area contributed by atoms with E-state index in [1.807, 2.05) is 0 Å². The molecule has 0 aliphatic carbocycles. The smallest absolute Gasteiger partial charge is 0.406 e. The van der Waals surface area contributed by atoms with Crippen LogP contribution in [-0.2, 0) is 14.9 Å². The minimum Gasteiger partial charge on any atom is -0.406 e. The van der Waals surface area contributed by atoms with Gasteiger partial charge in [0.15, 0.2) is 6.10 Å². The van der Waals surface area contributed by atoms with Crippen LogP contribution in [0, 0.1) is 11.6 Å². The summed E-state index contributed by atoms with van der Waals surface area (Å²) in [6, 6.07) is 15.4. The summed E-state index contributed by atoms with van der Waals surface area (Å²) in [5.74, 6) is -1.50. The van der Waals surface area contributed by atoms with Crippen molar-refractivity contribution in [3.8, 4) is 5.75 Å². The summed E-state index contributed by atoms with van der Waals surface area (Å²) in [5, 5.41) is 4.19. The number of ether oxygens (including phenoxy) is 1. The third-order valence-corrected chi connectivity index (χ3v) is 7.50. The van der Waals surface area contributed by atoms with Crippen LogP contribution in [0.1, 0.15) is 30.1 Å². The molecule has 0 atom stereocenters. The summed E-state index contributed by atoms with van der Waals surface area (Å²) in [6.45, 7) is 0.0687. The fraction of sp³-hybridized carbons (Fsp3) is 0.240. The van der Waals surface area contributed by atoms with E-state index in [4.69, 9.17) is 4.84 Å². The Hall–Kier alpha value is -3.51. The molecule has 1 aliphatic heterocycles. The van der Waals surface area contributed by atoms with Crippen LogP contribution in [0.3, 0.4) is 0 Å². The maximum absolute atomic E-state index is 13.4. The molecule has 1 fully saturated rings. The number of oxime groups is 1. The summed E-state index contributed by atoms with van der Waals surface area (Å²) in [4.78, 5) is 5.43. The summed E-state index contributed by atoms with van der Waals surface area (Å²) in [7, 11) is -4.07. The molecule has 6 nitrogen and oxygen atoms in total. The second kappa shape index (κ2) is 10.9. The van der Waals surface area contributed by atoms with Crippen LogP contribution in [0.25, 0.3) is 0 Å². The quantitative estimate of drug-likeness (QED) is 0.280. The minimum atomic E-state index is -4.95. The molecule has 3 aromatic carbocycles. The van der Waals surface area contributed by atoms with E-state index >= 15 is 0 Å². The molecule has 1 saturated heterocycles. The van der Waals surface area contributed by atoms with Gasteiger partial charge in [-0.05, 0) is 47.5 Å². The van der Waals surface area contributed by atoms with Gasteiger partial charge in [-0.3, -0.25) is 0 Å². The predicted octanol–water partition coefficient (Wildman–Crippen LogP) is 5.81. The summed E-state index contributed by atoms with van der Waals surface area (Å²) in [5.41, 5.74) is 1.73. The predicted molar refractivity (Wildman–Crippen MR) is 124 cm³/mol. The van der Waals surface area contributed by atoms with Gasteiger partial charge in [0.05, 0.1) is 10.6 Å². The normalized spacial score (nSPS) is 15.0. The third kappa shape index (κ3) is 6.83. The monoisotopic (exact) mass is 540 g/mol. The molecule has 0 radical (unpaired) electrons. The molecule has 196 valence electrons. The van der Waals surface area contributed by atoms with Crippen molar-refractivity contribution >= 4 is 15.7 Å². The highest BCUT2D eigenvalue weighted by atomic mass is 32.2. The van der Waals surface area contributed by atoms with E-state index in [1.165, 1.54) is 60.7 Å². The molecule has 12 heteroatoms. The zero-order valence-electron chi connectivity index (χ0n) is 19.2. The highest BCUT2D eigenvalue weighted by Gasteiger charge is 2.33. The first-order valence-electron chi connectivity index (χ1n) is 11.1. The summed E-state index contributed by atoms with van der Waals surface area (Å²) >= 11 is 0. The van der Waals surface area contributed by atoms with Gasteiger partial charge in [-0.2, -0.15) is 4.31 Å². The SMILES string of the molecule is O=S(=O)(c1cccc(OC(F)(F)F)c1)N1CCC(=NOC(c2ccc(F)cc2)c2ccc(F)cc2)CC1. The molecule has 0 amide bonds. The van der Waals surface area contributed by atoms with Crippen LogP contribution in [-0.4, -0.2) is 37.9 Å². The van der Waals surface area contributed by atoms with Gasteiger partial charge in [-0.1, -0.05) is 35.5 Å². The zero-order valence-corrected chi connectivity index (χ0v) is 20.0. The first-order valence-corrected chi connectivity index (χ1v) is 12.5. The van der Waals surface area contributed by atoms with Crippen molar-refractivity contribution in [2.24, 2.45) is 5.16 Å². The number of halogens is 5. The zero-order chi connectivity index (χ0) is 26.6. The topological polar surface area (TPSA) is 68.2 Å². The van der Waals surface area contributed by atoms with Crippen molar-refractivity contribution in [3.05, 3.63) is 95.6 Å². The number of hydrogen-bond acceptors (Lipinski definition) is 5. The third-order valence-electron chi connectivity index (χ3n) is 5.61. The Balaban J connectivity index is 1.46. The van der Waals surface area contributed by atoms with E-state index in [9.17, 15) is 30.4 Å². The number of sulfonamides is 1. The fourth-order valence-corrected chi connectivity index (χ4v) is 5.25. The van der Waals surface area contributed by atoms with Crippen molar-refractivity contribution in [3.63, 3.8) is 0 Å². The van der Waals surface area contributed by atoms with Crippen LogP contribution >= 0.6 is 0 Å². The molecule has 1 aliphatic rings. The molecule has 0 unspecified atom stereocenters. The highest BCUT2D eigenvalue weighted by Crippen LogP contribution is 2.29. The number of hydrogen-bond donors (Lipinski definition) is 0. The Morgan fingerprint density at radius 2 is 1.38 bits per heavy atom. The first-order chi connectivity index (χ1) is 17.5. The standard InChI is InChI=1S/C25H21F5N2O4S/c26-19-8-4-17(5-9-19)24(18-6-10-20(27)11-7-18)36-31-21-12-14-32(15-13-21)37(33,34)23-3-1-2-22(16-23)35-25(28,29)30/h1-11,16,24H,12-15H2. The Bertz CT molecular complexity index is 1310. The van der Waals surface area contributed by atoms with Crippen LogP contribution in [0.5, 0.6) is 5.75 Å². The molecule has 4 rings (SSSR count). The van der Waals surface area contributed by atoms with E-state index in [-0.39, 0.29) is 30.8 Å². The lowest BCUT2D eigenvalue weighted by molar-refractivity contribution is -0.274. The van der Waals surface area contributed by atoms with Gasteiger partial charge in [-0.25, -0.2) is 17.2 Å². The van der Waals surface area contributed by atoms with Gasteiger partial charge in [0.2, 0.25) is 10.0 Å². The van der Waals surface area contributed by atoms with Crippen molar-refractivity contribution in [1.82, 2.24) is 4.31 Å². The fourth-order valence-electron chi connectivity index (χ4n) is 3.77. The summed E-state index contributed by atoms with van der Waals surface area (Å²) < 4.78 is 95.2. The number of rotatable bonds is 7. The lowest BCUT2D eigenvalue weighted by atomic mass is 10.0. The van der Waals surface area contributed by atoms with Crippen LogP contribution in [0.2, 0.25) is 0 Å². The molecular weight excluding hydrogens is 519 g/mol. The summed E-state index contributed by atoms with van der Waals surface area (Å²) in [6.07, 6.45) is -5.26. The molecule has 0 N–H and O–H groups in total. The van der Waals surface area contributed by atoms with Crippen molar-refractivity contribution in [2.45, 2.75) is 30.2 Å². The van der Waals surface area contributed by atoms with Crippen molar-refractivity contribution in [2.75, 3.05) is 13.1 Å². The Morgan fingerprint density at radius 3 is 1.89 bits per heavy atom. The average molecular weight is 541 g/mol. The van der Waals surface area contributed by atoms with Gasteiger partial charge < -0.3 is 9.57 Å². The van der Waals surface area contributed by atoms with Gasteiger partial charge in [0.25, 0.3) is 0 Å². The van der Waals surface area contributed by atoms with Gasteiger partial charge in [0.1, 0.15) is 17.4 Å². The second-order valence-corrected chi connectivity index (χ2v) is 10.1. The Morgan fingerprint density at radius 1 is 0.838 bits per heavy atom. The maximum atomic E-state index is 13.4. The van der Waals surface area contributed by atoms with Gasteiger partial charge in [-0.15, -0.1) is 13.2 Å². The Kier molecular flexibility index (Phi) is 7.79. The van der Waals surface area contributed by atoms with E-state index < -0.39 is 39.9 Å². The molecule has 3 aromatic rings. The highest BCUT2D eigenvalue weighted by molar-refractivity contribution is 7.89. The molecule has 37 heavy (non-hydrogen) atoms. The van der Waals surface area contributed by atoms with Gasteiger partial charge >= 0.3 is 6.36 Å². The number of piperidine rings is 1. The van der Waals surface area contributed by atoms with E-state index in [0.29, 0.717) is 16.8 Å². The number of benzene rings is 3. The lowest BCUT2D eigenvalue weighted by Crippen LogP contribution is -2.38. The molecule has 0 aromatic heterocycles. The van der Waals surface area contributed by atoms with Crippen molar-refractivity contribution in [1.29, 1.82) is 0 Å². The van der Waals surface area contributed by atoms with Crippen LogP contribution in [0.15, 0.2) is 82.8 Å². The Labute approximate surface area is 210 Å². The largest absolute Gasteiger partial charge is 0.573 e. The average Bonchev–Trinajstić information content (AvgIpc) is 2.85. The first kappa shape index (κ1) is 26.6.